The average Bonchev–Trinajstić information content (AvgIpc) is 3.00. The van der Waals surface area contributed by atoms with E-state index in [1.807, 2.05) is 56.3 Å². The third-order valence-corrected chi connectivity index (χ3v) is 7.65. The molecule has 246 valence electrons. The maximum atomic E-state index is 14.7. The Labute approximate surface area is 273 Å². The van der Waals surface area contributed by atoms with Crippen molar-refractivity contribution in [3.63, 3.8) is 0 Å². The Morgan fingerprint density at radius 1 is 0.957 bits per heavy atom. The van der Waals surface area contributed by atoms with Gasteiger partial charge < -0.3 is 25.4 Å². The quantitative estimate of drug-likeness (QED) is 0.158. The van der Waals surface area contributed by atoms with E-state index in [0.717, 1.165) is 41.5 Å². The topological polar surface area (TPSA) is 108 Å². The monoisotopic (exact) mass is 627 g/mol. The zero-order valence-electron chi connectivity index (χ0n) is 28.1. The van der Waals surface area contributed by atoms with Crippen LogP contribution in [-0.2, 0) is 20.7 Å². The van der Waals surface area contributed by atoms with E-state index in [1.54, 1.807) is 43.9 Å². The van der Waals surface area contributed by atoms with E-state index in [4.69, 9.17) is 4.74 Å². The maximum Gasteiger partial charge on any atom is 0.408 e. The lowest BCUT2D eigenvalue weighted by atomic mass is 9.98. The number of nitrogens with zero attached hydrogens (tertiary/aromatic N) is 1. The first-order chi connectivity index (χ1) is 21.8. The van der Waals surface area contributed by atoms with E-state index >= 15 is 0 Å². The Hall–Kier alpha value is -4.59. The van der Waals surface area contributed by atoms with Crippen molar-refractivity contribution in [3.8, 4) is 5.75 Å². The second-order valence-corrected chi connectivity index (χ2v) is 12.7. The fourth-order valence-corrected chi connectivity index (χ4v) is 5.33. The summed E-state index contributed by atoms with van der Waals surface area (Å²) >= 11 is 0. The number of nitrogens with one attached hydrogen (secondary N) is 2. The van der Waals surface area contributed by atoms with Crippen LogP contribution < -0.4 is 10.6 Å². The predicted molar refractivity (Wildman–Crippen MR) is 185 cm³/mol. The first-order valence-electron chi connectivity index (χ1n) is 16.0. The van der Waals surface area contributed by atoms with Crippen molar-refractivity contribution in [2.75, 3.05) is 11.9 Å². The molecule has 0 aliphatic carbocycles. The van der Waals surface area contributed by atoms with Gasteiger partial charge in [-0.3, -0.25) is 9.59 Å². The zero-order chi connectivity index (χ0) is 33.9. The largest absolute Gasteiger partial charge is 0.508 e. The van der Waals surface area contributed by atoms with Gasteiger partial charge in [0.1, 0.15) is 23.4 Å². The first kappa shape index (κ1) is 35.9. The van der Waals surface area contributed by atoms with Crippen molar-refractivity contribution in [3.05, 3.63) is 101 Å². The molecule has 3 aromatic rings. The number of benzene rings is 3. The molecule has 2 unspecified atom stereocenters. The number of carbonyl (C=O) groups excluding carboxylic acids is 3. The summed E-state index contributed by atoms with van der Waals surface area (Å²) in [6.45, 7) is 15.4. The Morgan fingerprint density at radius 3 is 2.22 bits per heavy atom. The molecule has 0 radical (unpaired) electrons. The van der Waals surface area contributed by atoms with Gasteiger partial charge in [-0.25, -0.2) is 4.79 Å². The minimum Gasteiger partial charge on any atom is -0.508 e. The van der Waals surface area contributed by atoms with Crippen LogP contribution in [0.5, 0.6) is 5.75 Å². The number of alkyl carbamates (subject to hydrolysis) is 1. The Balaban J connectivity index is 2.13. The van der Waals surface area contributed by atoms with Crippen LogP contribution in [0.3, 0.4) is 0 Å². The fourth-order valence-electron chi connectivity index (χ4n) is 5.33. The number of ether oxygens (including phenoxy) is 1. The highest BCUT2D eigenvalue weighted by Gasteiger charge is 2.36. The van der Waals surface area contributed by atoms with Crippen LogP contribution in [0.15, 0.2) is 73.3 Å². The molecule has 46 heavy (non-hydrogen) atoms. The fraction of sp³-hybridized carbons (Fsp3) is 0.395. The van der Waals surface area contributed by atoms with Crippen molar-refractivity contribution in [1.82, 2.24) is 10.2 Å². The van der Waals surface area contributed by atoms with E-state index in [-0.39, 0.29) is 18.1 Å². The molecule has 3 amide bonds. The van der Waals surface area contributed by atoms with Crippen LogP contribution in [0.25, 0.3) is 6.08 Å². The molecule has 8 nitrogen and oxygen atoms in total. The van der Waals surface area contributed by atoms with Gasteiger partial charge in [0.05, 0.1) is 0 Å². The van der Waals surface area contributed by atoms with Crippen LogP contribution in [0.1, 0.15) is 87.2 Å². The number of hydrogen-bond acceptors (Lipinski definition) is 5. The summed E-state index contributed by atoms with van der Waals surface area (Å²) in [5, 5.41) is 15.8. The van der Waals surface area contributed by atoms with Gasteiger partial charge >= 0.3 is 6.09 Å². The molecular weight excluding hydrogens is 578 g/mol. The van der Waals surface area contributed by atoms with E-state index in [0.29, 0.717) is 24.2 Å². The van der Waals surface area contributed by atoms with Gasteiger partial charge in [0.2, 0.25) is 5.91 Å². The van der Waals surface area contributed by atoms with Crippen molar-refractivity contribution in [2.24, 2.45) is 0 Å². The van der Waals surface area contributed by atoms with Crippen molar-refractivity contribution < 1.29 is 24.2 Å². The highest BCUT2D eigenvalue weighted by Crippen LogP contribution is 2.29. The standard InChI is InChI=1S/C38H49N3O5/c1-8-10-11-12-23-41(36(44)32(39-37(45)46-38(5,6)7)25-29-19-21-31(42)22-20-29)34(30-18-14-17-28(9-2)24-30)35(43)40-33-26(3)15-13-16-27(33)4/h9,13-22,24,32,34,42H,2,8,10-12,23,25H2,1,3-7H3,(H,39,45)(H,40,43). The second-order valence-electron chi connectivity index (χ2n) is 12.7. The van der Waals surface area contributed by atoms with Crippen LogP contribution in [0.4, 0.5) is 10.5 Å². The number of aromatic hydroxyl groups is 1. The maximum absolute atomic E-state index is 14.7. The second kappa shape index (κ2) is 16.6. The highest BCUT2D eigenvalue weighted by atomic mass is 16.6. The lowest BCUT2D eigenvalue weighted by Gasteiger charge is -2.35. The van der Waals surface area contributed by atoms with Gasteiger partial charge in [0.15, 0.2) is 0 Å². The van der Waals surface area contributed by atoms with E-state index < -0.39 is 29.7 Å². The number of phenolic OH excluding ortho intramolecular Hbond substituents is 1. The van der Waals surface area contributed by atoms with E-state index in [9.17, 15) is 19.5 Å². The molecule has 2 atom stereocenters. The summed E-state index contributed by atoms with van der Waals surface area (Å²) in [5.74, 6) is -0.682. The number of carbonyl (C=O) groups is 3. The number of rotatable bonds is 14. The summed E-state index contributed by atoms with van der Waals surface area (Å²) in [6, 6.07) is 17.7. The number of unbranched alkanes of at least 4 members (excludes halogenated alkanes) is 3. The van der Waals surface area contributed by atoms with Gasteiger partial charge in [-0.2, -0.15) is 0 Å². The van der Waals surface area contributed by atoms with Crippen molar-refractivity contribution >= 4 is 29.7 Å². The highest BCUT2D eigenvalue weighted by molar-refractivity contribution is 6.00. The number of amides is 3. The molecule has 0 fully saturated rings. The molecule has 0 saturated heterocycles. The molecular formula is C38H49N3O5. The lowest BCUT2D eigenvalue weighted by Crippen LogP contribution is -2.53. The number of aryl methyl sites for hydroxylation is 2. The zero-order valence-corrected chi connectivity index (χ0v) is 28.1. The van der Waals surface area contributed by atoms with Gasteiger partial charge in [-0.05, 0) is 87.1 Å². The van der Waals surface area contributed by atoms with Crippen molar-refractivity contribution in [1.29, 1.82) is 0 Å². The molecule has 0 aromatic heterocycles. The van der Waals surface area contributed by atoms with Crippen LogP contribution >= 0.6 is 0 Å². The molecule has 0 aliphatic heterocycles. The minimum absolute atomic E-state index is 0.0922. The normalized spacial score (nSPS) is 12.5. The number of anilines is 1. The number of para-hydroxylation sites is 1. The SMILES string of the molecule is C=Cc1cccc(C(C(=O)Nc2c(C)cccc2C)N(CCCCCC)C(=O)C(Cc2ccc(O)cc2)NC(=O)OC(C)(C)C)c1. The minimum atomic E-state index is -1.05. The third-order valence-electron chi connectivity index (χ3n) is 7.65. The molecule has 0 bridgehead atoms. The summed E-state index contributed by atoms with van der Waals surface area (Å²) < 4.78 is 5.55. The van der Waals surface area contributed by atoms with Gasteiger partial charge in [0.25, 0.3) is 5.91 Å². The van der Waals surface area contributed by atoms with Crippen LogP contribution in [0, 0.1) is 13.8 Å². The van der Waals surface area contributed by atoms with Crippen LogP contribution in [-0.4, -0.2) is 46.1 Å². The molecule has 3 aromatic carbocycles. The summed E-state index contributed by atoms with van der Waals surface area (Å²) in [6.07, 6.45) is 4.64. The molecule has 8 heteroatoms. The molecule has 3 N–H and O–H groups in total. The number of phenols is 1. The van der Waals surface area contributed by atoms with Crippen molar-refractivity contribution in [2.45, 2.75) is 91.3 Å². The molecule has 0 saturated carbocycles. The molecule has 0 heterocycles. The Morgan fingerprint density at radius 2 is 1.61 bits per heavy atom. The lowest BCUT2D eigenvalue weighted by molar-refractivity contribution is -0.140. The third kappa shape index (κ3) is 10.5. The van der Waals surface area contributed by atoms with Crippen LogP contribution in [0.2, 0.25) is 0 Å². The van der Waals surface area contributed by atoms with Gasteiger partial charge in [0, 0.05) is 18.7 Å². The smallest absolute Gasteiger partial charge is 0.408 e. The summed E-state index contributed by atoms with van der Waals surface area (Å²) in [5.41, 5.74) is 3.90. The van der Waals surface area contributed by atoms with E-state index in [2.05, 4.69) is 24.1 Å². The predicted octanol–water partition coefficient (Wildman–Crippen LogP) is 7.88. The molecule has 3 rings (SSSR count). The van der Waals surface area contributed by atoms with Gasteiger partial charge in [-0.1, -0.05) is 87.4 Å². The average molecular weight is 628 g/mol. The summed E-state index contributed by atoms with van der Waals surface area (Å²) in [7, 11) is 0. The Kier molecular flexibility index (Phi) is 13.0. The number of hydrogen-bond donors (Lipinski definition) is 3. The summed E-state index contributed by atoms with van der Waals surface area (Å²) in [4.78, 5) is 43.8. The molecule has 0 spiro atoms. The van der Waals surface area contributed by atoms with Gasteiger partial charge in [-0.15, -0.1) is 0 Å². The molecule has 0 aliphatic rings. The first-order valence-corrected chi connectivity index (χ1v) is 16.0. The Bertz CT molecular complexity index is 1470. The van der Waals surface area contributed by atoms with E-state index in [1.165, 1.54) is 12.1 Å².